The number of hydrogen-bond donors (Lipinski definition) is 2. The fourth-order valence-electron chi connectivity index (χ4n) is 0.476. The van der Waals surface area contributed by atoms with Gasteiger partial charge in [0.25, 0.3) is 0 Å². The first-order valence-corrected chi connectivity index (χ1v) is 4.56. The highest BCUT2D eigenvalue weighted by atomic mass is 32.2. The lowest BCUT2D eigenvalue weighted by Crippen LogP contribution is -2.15. The predicted molar refractivity (Wildman–Crippen MR) is 46.4 cm³/mol. The molecule has 11 heavy (non-hydrogen) atoms. The van der Waals surface area contributed by atoms with Gasteiger partial charge in [-0.15, -0.1) is 11.8 Å². The minimum absolute atomic E-state index is 0.283. The molecule has 0 fully saturated rings. The Morgan fingerprint density at radius 1 is 1.45 bits per heavy atom. The molecule has 1 amide bonds. The van der Waals surface area contributed by atoms with Crippen molar-refractivity contribution in [1.82, 2.24) is 0 Å². The SMILES string of the molecule is NCCOCCSCC(N)=O. The summed E-state index contributed by atoms with van der Waals surface area (Å²) in [6, 6.07) is 0. The molecule has 66 valence electrons. The van der Waals surface area contributed by atoms with Crippen LogP contribution in [0.4, 0.5) is 0 Å². The maximum absolute atomic E-state index is 10.2. The van der Waals surface area contributed by atoms with E-state index in [9.17, 15) is 4.79 Å². The zero-order valence-electron chi connectivity index (χ0n) is 6.41. The summed E-state index contributed by atoms with van der Waals surface area (Å²) in [6.45, 7) is 1.76. The molecule has 0 aromatic heterocycles. The van der Waals surface area contributed by atoms with E-state index in [1.54, 1.807) is 0 Å². The largest absolute Gasteiger partial charge is 0.379 e. The fraction of sp³-hybridized carbons (Fsp3) is 0.833. The van der Waals surface area contributed by atoms with Crippen molar-refractivity contribution in [3.63, 3.8) is 0 Å². The van der Waals surface area contributed by atoms with Gasteiger partial charge in [0.2, 0.25) is 5.91 Å². The van der Waals surface area contributed by atoms with Crippen LogP contribution < -0.4 is 11.5 Å². The van der Waals surface area contributed by atoms with Gasteiger partial charge in [-0.3, -0.25) is 4.79 Å². The molecule has 0 aliphatic carbocycles. The highest BCUT2D eigenvalue weighted by Gasteiger charge is 1.93. The number of rotatable bonds is 7. The summed E-state index contributed by atoms with van der Waals surface area (Å²) in [5.41, 5.74) is 10.1. The molecule has 0 saturated heterocycles. The Kier molecular flexibility index (Phi) is 7.66. The molecule has 0 rings (SSSR count). The van der Waals surface area contributed by atoms with Crippen molar-refractivity contribution in [3.8, 4) is 0 Å². The number of amides is 1. The van der Waals surface area contributed by atoms with E-state index in [4.69, 9.17) is 16.2 Å². The third kappa shape index (κ3) is 9.74. The Bertz CT molecular complexity index is 111. The number of nitrogens with two attached hydrogens (primary N) is 2. The number of primary amides is 1. The van der Waals surface area contributed by atoms with Crippen molar-refractivity contribution in [1.29, 1.82) is 0 Å². The lowest BCUT2D eigenvalue weighted by Gasteiger charge is -2.00. The summed E-state index contributed by atoms with van der Waals surface area (Å²) in [6.07, 6.45) is 0. The monoisotopic (exact) mass is 178 g/mol. The molecule has 0 spiro atoms. The average Bonchev–Trinajstić information content (AvgIpc) is 1.96. The van der Waals surface area contributed by atoms with Crippen LogP contribution in [-0.2, 0) is 9.53 Å². The van der Waals surface area contributed by atoms with Gasteiger partial charge in [0.1, 0.15) is 0 Å². The first kappa shape index (κ1) is 10.7. The van der Waals surface area contributed by atoms with Crippen LogP contribution in [0.1, 0.15) is 0 Å². The first-order chi connectivity index (χ1) is 5.27. The molecule has 0 heterocycles. The molecule has 0 unspecified atom stereocenters. The number of carbonyl (C=O) groups excluding carboxylic acids is 1. The number of carbonyl (C=O) groups is 1. The van der Waals surface area contributed by atoms with Gasteiger partial charge in [-0.25, -0.2) is 0 Å². The van der Waals surface area contributed by atoms with E-state index in [-0.39, 0.29) is 5.91 Å². The van der Waals surface area contributed by atoms with Gasteiger partial charge in [0.15, 0.2) is 0 Å². The van der Waals surface area contributed by atoms with E-state index in [2.05, 4.69) is 0 Å². The van der Waals surface area contributed by atoms with Gasteiger partial charge in [-0.2, -0.15) is 0 Å². The second kappa shape index (κ2) is 7.84. The Hall–Kier alpha value is -0.260. The molecular weight excluding hydrogens is 164 g/mol. The average molecular weight is 178 g/mol. The number of ether oxygens (including phenoxy) is 1. The zero-order valence-corrected chi connectivity index (χ0v) is 7.23. The van der Waals surface area contributed by atoms with Crippen LogP contribution in [0.2, 0.25) is 0 Å². The summed E-state index contributed by atoms with van der Waals surface area (Å²) in [5, 5.41) is 0. The number of hydrogen-bond acceptors (Lipinski definition) is 4. The molecule has 0 atom stereocenters. The lowest BCUT2D eigenvalue weighted by atomic mass is 10.7. The van der Waals surface area contributed by atoms with Crippen molar-refractivity contribution < 1.29 is 9.53 Å². The third-order valence-electron chi connectivity index (χ3n) is 0.879. The lowest BCUT2D eigenvalue weighted by molar-refractivity contribution is -0.115. The van der Waals surface area contributed by atoms with Crippen LogP contribution in [-0.4, -0.2) is 37.2 Å². The topological polar surface area (TPSA) is 78.3 Å². The molecular formula is C6H14N2O2S. The molecule has 4 nitrogen and oxygen atoms in total. The third-order valence-corrected chi connectivity index (χ3v) is 1.82. The maximum Gasteiger partial charge on any atom is 0.227 e. The highest BCUT2D eigenvalue weighted by Crippen LogP contribution is 1.97. The van der Waals surface area contributed by atoms with Crippen LogP contribution in [0.25, 0.3) is 0 Å². The first-order valence-electron chi connectivity index (χ1n) is 3.41. The van der Waals surface area contributed by atoms with Crippen molar-refractivity contribution in [2.24, 2.45) is 11.5 Å². The Morgan fingerprint density at radius 3 is 2.73 bits per heavy atom. The minimum Gasteiger partial charge on any atom is -0.379 e. The van der Waals surface area contributed by atoms with Crippen LogP contribution in [0.5, 0.6) is 0 Å². The molecule has 0 aromatic carbocycles. The fourth-order valence-corrected chi connectivity index (χ4v) is 1.06. The predicted octanol–water partition coefficient (Wildman–Crippen LogP) is -0.820. The molecule has 0 aliphatic heterocycles. The van der Waals surface area contributed by atoms with E-state index in [0.29, 0.717) is 25.5 Å². The molecule has 4 N–H and O–H groups in total. The van der Waals surface area contributed by atoms with Crippen LogP contribution in [0.3, 0.4) is 0 Å². The molecule has 0 bridgehead atoms. The maximum atomic E-state index is 10.2. The van der Waals surface area contributed by atoms with Crippen LogP contribution in [0.15, 0.2) is 0 Å². The molecule has 5 heteroatoms. The van der Waals surface area contributed by atoms with E-state index in [1.165, 1.54) is 11.8 Å². The second-order valence-electron chi connectivity index (χ2n) is 1.92. The molecule has 0 aliphatic rings. The quantitative estimate of drug-likeness (QED) is 0.499. The smallest absolute Gasteiger partial charge is 0.227 e. The van der Waals surface area contributed by atoms with Crippen LogP contribution >= 0.6 is 11.8 Å². The van der Waals surface area contributed by atoms with Crippen molar-refractivity contribution >= 4 is 17.7 Å². The van der Waals surface area contributed by atoms with Gasteiger partial charge in [-0.1, -0.05) is 0 Å². The van der Waals surface area contributed by atoms with Gasteiger partial charge >= 0.3 is 0 Å². The highest BCUT2D eigenvalue weighted by molar-refractivity contribution is 7.99. The van der Waals surface area contributed by atoms with Gasteiger partial charge in [0, 0.05) is 12.3 Å². The van der Waals surface area contributed by atoms with Crippen LogP contribution in [0, 0.1) is 0 Å². The minimum atomic E-state index is -0.283. The van der Waals surface area contributed by atoms with Gasteiger partial charge in [0.05, 0.1) is 19.0 Å². The normalized spacial score (nSPS) is 9.91. The van der Waals surface area contributed by atoms with Gasteiger partial charge in [-0.05, 0) is 0 Å². The van der Waals surface area contributed by atoms with Crippen molar-refractivity contribution in [2.75, 3.05) is 31.3 Å². The zero-order chi connectivity index (χ0) is 8.53. The van der Waals surface area contributed by atoms with E-state index in [1.807, 2.05) is 0 Å². The molecule has 0 radical (unpaired) electrons. The Morgan fingerprint density at radius 2 is 2.18 bits per heavy atom. The van der Waals surface area contributed by atoms with E-state index in [0.717, 1.165) is 5.75 Å². The Balaban J connectivity index is 2.85. The van der Waals surface area contributed by atoms with E-state index < -0.39 is 0 Å². The number of thioether (sulfide) groups is 1. The standard InChI is InChI=1S/C6H14N2O2S/c7-1-2-10-3-4-11-5-6(8)9/h1-5,7H2,(H2,8,9). The summed E-state index contributed by atoms with van der Waals surface area (Å²) in [7, 11) is 0. The van der Waals surface area contributed by atoms with Crippen molar-refractivity contribution in [2.45, 2.75) is 0 Å². The van der Waals surface area contributed by atoms with E-state index >= 15 is 0 Å². The summed E-state index contributed by atoms with van der Waals surface area (Å²) >= 11 is 1.47. The Labute approximate surface area is 70.6 Å². The molecule has 0 saturated carbocycles. The van der Waals surface area contributed by atoms with Gasteiger partial charge < -0.3 is 16.2 Å². The summed E-state index contributed by atoms with van der Waals surface area (Å²) in [4.78, 5) is 10.2. The molecule has 0 aromatic rings. The summed E-state index contributed by atoms with van der Waals surface area (Å²) in [5.74, 6) is 0.878. The summed E-state index contributed by atoms with van der Waals surface area (Å²) < 4.78 is 5.07. The second-order valence-corrected chi connectivity index (χ2v) is 3.03. The van der Waals surface area contributed by atoms with Crippen molar-refractivity contribution in [3.05, 3.63) is 0 Å².